The van der Waals surface area contributed by atoms with Gasteiger partial charge in [0.05, 0.1) is 6.04 Å². The Bertz CT molecular complexity index is 578. The molecule has 0 spiro atoms. The molecule has 0 radical (unpaired) electrons. The van der Waals surface area contributed by atoms with E-state index in [-0.39, 0.29) is 5.91 Å². The highest BCUT2D eigenvalue weighted by Gasteiger charge is 2.18. The molecule has 0 saturated heterocycles. The molecular weight excluding hydrogens is 260 g/mol. The summed E-state index contributed by atoms with van der Waals surface area (Å²) in [5.41, 5.74) is 9.45. The second kappa shape index (κ2) is 7.04. The Morgan fingerprint density at radius 3 is 2.29 bits per heavy atom. The third kappa shape index (κ3) is 4.43. The molecule has 0 fully saturated rings. The molecular formula is C18H22N2O. The quantitative estimate of drug-likeness (QED) is 0.916. The Morgan fingerprint density at radius 1 is 1.05 bits per heavy atom. The number of hydrogen-bond donors (Lipinski definition) is 1. The average Bonchev–Trinajstić information content (AvgIpc) is 2.49. The summed E-state index contributed by atoms with van der Waals surface area (Å²) in [6, 6.07) is 17.6. The fourth-order valence-electron chi connectivity index (χ4n) is 2.28. The fourth-order valence-corrected chi connectivity index (χ4v) is 2.28. The first-order valence-electron chi connectivity index (χ1n) is 7.16. The molecule has 2 aromatic carbocycles. The maximum atomic E-state index is 12.3. The Labute approximate surface area is 126 Å². The molecule has 2 N–H and O–H groups in total. The van der Waals surface area contributed by atoms with Crippen molar-refractivity contribution in [3.8, 4) is 0 Å². The van der Waals surface area contributed by atoms with Crippen molar-refractivity contribution in [3.63, 3.8) is 0 Å². The van der Waals surface area contributed by atoms with Gasteiger partial charge >= 0.3 is 0 Å². The number of nitrogens with two attached hydrogens (primary N) is 1. The molecule has 0 aromatic heterocycles. The number of hydrogen-bond acceptors (Lipinski definition) is 2. The number of carbonyl (C=O) groups is 1. The van der Waals surface area contributed by atoms with Crippen molar-refractivity contribution in [1.29, 1.82) is 0 Å². The highest BCUT2D eigenvalue weighted by molar-refractivity contribution is 5.81. The Morgan fingerprint density at radius 2 is 1.67 bits per heavy atom. The lowest BCUT2D eigenvalue weighted by molar-refractivity contribution is -0.131. The van der Waals surface area contributed by atoms with Gasteiger partial charge in [0.1, 0.15) is 0 Å². The van der Waals surface area contributed by atoms with E-state index in [4.69, 9.17) is 5.73 Å². The van der Waals surface area contributed by atoms with Crippen molar-refractivity contribution >= 4 is 5.91 Å². The molecule has 21 heavy (non-hydrogen) atoms. The van der Waals surface area contributed by atoms with E-state index in [0.29, 0.717) is 13.0 Å². The smallest absolute Gasteiger partial charge is 0.239 e. The van der Waals surface area contributed by atoms with Crippen LogP contribution in [0.15, 0.2) is 54.6 Å². The SMILES string of the molecule is Cc1ccc(CN(C)C(=O)[C@H](N)Cc2ccccc2)cc1. The summed E-state index contributed by atoms with van der Waals surface area (Å²) in [6.45, 7) is 2.63. The van der Waals surface area contributed by atoms with Crippen LogP contribution in [0.4, 0.5) is 0 Å². The van der Waals surface area contributed by atoms with Gasteiger partial charge in [0, 0.05) is 13.6 Å². The molecule has 0 aliphatic rings. The predicted molar refractivity (Wildman–Crippen MR) is 85.8 cm³/mol. The summed E-state index contributed by atoms with van der Waals surface area (Å²) in [7, 11) is 1.80. The molecule has 110 valence electrons. The van der Waals surface area contributed by atoms with Crippen LogP contribution in [0.3, 0.4) is 0 Å². The minimum absolute atomic E-state index is 0.0283. The van der Waals surface area contributed by atoms with Gasteiger partial charge in [0.2, 0.25) is 5.91 Å². The van der Waals surface area contributed by atoms with Crippen LogP contribution in [-0.4, -0.2) is 23.9 Å². The number of rotatable bonds is 5. The Kier molecular flexibility index (Phi) is 5.12. The second-order valence-corrected chi connectivity index (χ2v) is 5.48. The first-order chi connectivity index (χ1) is 10.1. The minimum atomic E-state index is -0.497. The lowest BCUT2D eigenvalue weighted by Crippen LogP contribution is -2.42. The van der Waals surface area contributed by atoms with Crippen LogP contribution in [0, 0.1) is 6.92 Å². The summed E-state index contributed by atoms with van der Waals surface area (Å²) in [6.07, 6.45) is 0.567. The largest absolute Gasteiger partial charge is 0.340 e. The molecule has 0 unspecified atom stereocenters. The number of aryl methyl sites for hydroxylation is 1. The molecule has 0 aliphatic carbocycles. The van der Waals surface area contributed by atoms with Gasteiger partial charge in [-0.3, -0.25) is 4.79 Å². The van der Waals surface area contributed by atoms with Gasteiger partial charge in [-0.1, -0.05) is 60.2 Å². The van der Waals surface area contributed by atoms with E-state index < -0.39 is 6.04 Å². The Hall–Kier alpha value is -2.13. The average molecular weight is 282 g/mol. The fraction of sp³-hybridized carbons (Fsp3) is 0.278. The van der Waals surface area contributed by atoms with E-state index in [1.54, 1.807) is 11.9 Å². The van der Waals surface area contributed by atoms with Gasteiger partial charge in [0.25, 0.3) is 0 Å². The lowest BCUT2D eigenvalue weighted by Gasteiger charge is -2.21. The molecule has 0 saturated carbocycles. The number of carbonyl (C=O) groups excluding carboxylic acids is 1. The molecule has 0 aliphatic heterocycles. The van der Waals surface area contributed by atoms with Crippen molar-refractivity contribution in [2.75, 3.05) is 7.05 Å². The normalized spacial score (nSPS) is 12.0. The van der Waals surface area contributed by atoms with E-state index in [9.17, 15) is 4.79 Å². The third-order valence-corrected chi connectivity index (χ3v) is 3.53. The van der Waals surface area contributed by atoms with Gasteiger partial charge < -0.3 is 10.6 Å². The number of likely N-dealkylation sites (N-methyl/N-ethyl adjacent to an activating group) is 1. The predicted octanol–water partition coefficient (Wildman–Crippen LogP) is 2.52. The maximum absolute atomic E-state index is 12.3. The van der Waals surface area contributed by atoms with E-state index in [0.717, 1.165) is 11.1 Å². The van der Waals surface area contributed by atoms with Crippen LogP contribution in [0.25, 0.3) is 0 Å². The van der Waals surface area contributed by atoms with Gasteiger partial charge in [0.15, 0.2) is 0 Å². The summed E-state index contributed by atoms with van der Waals surface area (Å²) >= 11 is 0. The van der Waals surface area contributed by atoms with Gasteiger partial charge in [-0.2, -0.15) is 0 Å². The van der Waals surface area contributed by atoms with Crippen LogP contribution in [0.1, 0.15) is 16.7 Å². The van der Waals surface area contributed by atoms with Crippen LogP contribution in [-0.2, 0) is 17.8 Å². The Balaban J connectivity index is 1.93. The van der Waals surface area contributed by atoms with Crippen LogP contribution in [0.5, 0.6) is 0 Å². The van der Waals surface area contributed by atoms with Gasteiger partial charge in [-0.15, -0.1) is 0 Å². The highest BCUT2D eigenvalue weighted by atomic mass is 16.2. The number of amides is 1. The lowest BCUT2D eigenvalue weighted by atomic mass is 10.1. The zero-order chi connectivity index (χ0) is 15.2. The van der Waals surface area contributed by atoms with Crippen molar-refractivity contribution in [2.45, 2.75) is 25.9 Å². The van der Waals surface area contributed by atoms with Crippen molar-refractivity contribution in [1.82, 2.24) is 4.90 Å². The van der Waals surface area contributed by atoms with Crippen LogP contribution < -0.4 is 5.73 Å². The number of benzene rings is 2. The van der Waals surface area contributed by atoms with Gasteiger partial charge in [-0.05, 0) is 24.5 Å². The van der Waals surface area contributed by atoms with Crippen molar-refractivity contribution in [3.05, 3.63) is 71.3 Å². The zero-order valence-electron chi connectivity index (χ0n) is 12.6. The first kappa shape index (κ1) is 15.3. The molecule has 3 heteroatoms. The molecule has 1 atom stereocenters. The number of nitrogens with zero attached hydrogens (tertiary/aromatic N) is 1. The van der Waals surface area contributed by atoms with Crippen molar-refractivity contribution < 1.29 is 4.79 Å². The summed E-state index contributed by atoms with van der Waals surface area (Å²) in [5.74, 6) is -0.0283. The standard InChI is InChI=1S/C18H22N2O/c1-14-8-10-16(11-9-14)13-20(2)18(21)17(19)12-15-6-4-3-5-7-15/h3-11,17H,12-13,19H2,1-2H3/t17-/m1/s1. The minimum Gasteiger partial charge on any atom is -0.340 e. The maximum Gasteiger partial charge on any atom is 0.239 e. The van der Waals surface area contributed by atoms with Crippen LogP contribution >= 0.6 is 0 Å². The zero-order valence-corrected chi connectivity index (χ0v) is 12.6. The molecule has 2 rings (SSSR count). The second-order valence-electron chi connectivity index (χ2n) is 5.48. The van der Waals surface area contributed by atoms with Crippen molar-refractivity contribution in [2.24, 2.45) is 5.73 Å². The molecule has 0 heterocycles. The van der Waals surface area contributed by atoms with E-state index in [1.807, 2.05) is 42.5 Å². The van der Waals surface area contributed by atoms with E-state index in [1.165, 1.54) is 5.56 Å². The molecule has 2 aromatic rings. The topological polar surface area (TPSA) is 46.3 Å². The monoisotopic (exact) mass is 282 g/mol. The molecule has 3 nitrogen and oxygen atoms in total. The summed E-state index contributed by atoms with van der Waals surface area (Å²) in [4.78, 5) is 14.0. The first-order valence-corrected chi connectivity index (χ1v) is 7.16. The third-order valence-electron chi connectivity index (χ3n) is 3.53. The summed E-state index contributed by atoms with van der Waals surface area (Å²) in [5, 5.41) is 0. The van der Waals surface area contributed by atoms with E-state index in [2.05, 4.69) is 19.1 Å². The van der Waals surface area contributed by atoms with Gasteiger partial charge in [-0.25, -0.2) is 0 Å². The molecule has 1 amide bonds. The van der Waals surface area contributed by atoms with E-state index >= 15 is 0 Å². The van der Waals surface area contributed by atoms with Crippen LogP contribution in [0.2, 0.25) is 0 Å². The highest BCUT2D eigenvalue weighted by Crippen LogP contribution is 2.08. The molecule has 0 bridgehead atoms. The summed E-state index contributed by atoms with van der Waals surface area (Å²) < 4.78 is 0.